The third-order valence-corrected chi connectivity index (χ3v) is 3.82. The maximum Gasteiger partial charge on any atom is 0.127 e. The van der Waals surface area contributed by atoms with E-state index in [0.717, 1.165) is 20.5 Å². The molecule has 3 nitrogen and oxygen atoms in total. The fourth-order valence-corrected chi connectivity index (χ4v) is 3.39. The highest BCUT2D eigenvalue weighted by atomic mass is 79.9. The van der Waals surface area contributed by atoms with E-state index >= 15 is 0 Å². The van der Waals surface area contributed by atoms with Crippen LogP contribution < -0.4 is 5.32 Å². The second-order valence-corrected chi connectivity index (χ2v) is 5.70. The lowest BCUT2D eigenvalue weighted by Gasteiger charge is -2.11. The molecule has 6 heteroatoms. The molecule has 1 heterocycles. The predicted molar refractivity (Wildman–Crippen MR) is 77.4 cm³/mol. The molecule has 0 atom stereocenters. The lowest BCUT2D eigenvalue weighted by molar-refractivity contribution is 0.812. The molecule has 1 aromatic carbocycles. The quantitative estimate of drug-likeness (QED) is 0.866. The molecule has 0 fully saturated rings. The van der Waals surface area contributed by atoms with E-state index in [-0.39, 0.29) is 0 Å². The molecule has 1 N–H and O–H groups in total. The lowest BCUT2D eigenvalue weighted by atomic mass is 10.3. The van der Waals surface area contributed by atoms with Gasteiger partial charge in [0.05, 0.1) is 12.2 Å². The molecule has 0 radical (unpaired) electrons. The first-order valence-corrected chi connectivity index (χ1v) is 6.89. The Hall–Kier alpha value is -0.520. The van der Waals surface area contributed by atoms with E-state index in [1.54, 1.807) is 6.20 Å². The molecule has 0 unspecified atom stereocenters. The van der Waals surface area contributed by atoms with Gasteiger partial charge in [-0.1, -0.05) is 11.6 Å². The van der Waals surface area contributed by atoms with Gasteiger partial charge < -0.3 is 9.88 Å². The van der Waals surface area contributed by atoms with E-state index in [0.29, 0.717) is 11.6 Å². The van der Waals surface area contributed by atoms with Crippen LogP contribution in [0.5, 0.6) is 0 Å². The molecule has 2 rings (SSSR count). The van der Waals surface area contributed by atoms with Gasteiger partial charge >= 0.3 is 0 Å². The van der Waals surface area contributed by atoms with E-state index in [2.05, 4.69) is 42.2 Å². The largest absolute Gasteiger partial charge is 0.376 e. The van der Waals surface area contributed by atoms with Gasteiger partial charge in [0.1, 0.15) is 5.82 Å². The Kier molecular flexibility index (Phi) is 4.12. The van der Waals surface area contributed by atoms with Crippen LogP contribution in [0.1, 0.15) is 5.82 Å². The molecule has 0 amide bonds. The fraction of sp³-hybridized carbons (Fsp3) is 0.182. The van der Waals surface area contributed by atoms with Gasteiger partial charge in [-0.15, -0.1) is 0 Å². The number of nitrogens with zero attached hydrogens (tertiary/aromatic N) is 2. The van der Waals surface area contributed by atoms with Crippen LogP contribution in [-0.4, -0.2) is 9.55 Å². The van der Waals surface area contributed by atoms with Gasteiger partial charge in [0.25, 0.3) is 0 Å². The first-order valence-electron chi connectivity index (χ1n) is 4.92. The highest BCUT2D eigenvalue weighted by molar-refractivity contribution is 9.11. The number of aryl methyl sites for hydroxylation is 1. The Morgan fingerprint density at radius 1 is 1.35 bits per heavy atom. The van der Waals surface area contributed by atoms with Gasteiger partial charge in [-0.3, -0.25) is 0 Å². The Morgan fingerprint density at radius 2 is 2.00 bits per heavy atom. The zero-order valence-electron chi connectivity index (χ0n) is 9.04. The van der Waals surface area contributed by atoms with Gasteiger partial charge in [0.2, 0.25) is 0 Å². The summed E-state index contributed by atoms with van der Waals surface area (Å²) in [6.45, 7) is 0.655. The number of hydrogen-bond donors (Lipinski definition) is 1. The van der Waals surface area contributed by atoms with Crippen LogP contribution >= 0.6 is 43.5 Å². The minimum Gasteiger partial charge on any atom is -0.376 e. The first-order chi connectivity index (χ1) is 8.08. The van der Waals surface area contributed by atoms with Crippen molar-refractivity contribution in [2.45, 2.75) is 6.54 Å². The lowest BCUT2D eigenvalue weighted by Crippen LogP contribution is -2.06. The van der Waals surface area contributed by atoms with Crippen LogP contribution in [0.15, 0.2) is 33.5 Å². The molecule has 0 bridgehead atoms. The molecule has 90 valence electrons. The summed E-state index contributed by atoms with van der Waals surface area (Å²) >= 11 is 12.9. The average Bonchev–Trinajstić information content (AvgIpc) is 2.62. The number of anilines is 1. The van der Waals surface area contributed by atoms with Crippen LogP contribution in [0.25, 0.3) is 0 Å². The van der Waals surface area contributed by atoms with Crippen molar-refractivity contribution in [2.24, 2.45) is 7.05 Å². The first kappa shape index (κ1) is 12.9. The molecule has 0 spiro atoms. The Labute approximate surface area is 121 Å². The standard InChI is InChI=1S/C11H10Br2ClN3/c1-17-3-2-15-10(17)6-16-11-8(12)4-7(14)5-9(11)13/h2-5,16H,6H2,1H3. The van der Waals surface area contributed by atoms with E-state index in [9.17, 15) is 0 Å². The number of rotatable bonds is 3. The summed E-state index contributed by atoms with van der Waals surface area (Å²) in [5, 5.41) is 4.00. The van der Waals surface area contributed by atoms with Crippen molar-refractivity contribution in [2.75, 3.05) is 5.32 Å². The van der Waals surface area contributed by atoms with Crippen LogP contribution in [0.3, 0.4) is 0 Å². The van der Waals surface area contributed by atoms with E-state index in [1.807, 2.05) is 29.9 Å². The number of benzene rings is 1. The zero-order valence-corrected chi connectivity index (χ0v) is 13.0. The Balaban J connectivity index is 2.17. The SMILES string of the molecule is Cn1ccnc1CNc1c(Br)cc(Cl)cc1Br. The van der Waals surface area contributed by atoms with Crippen LogP contribution in [-0.2, 0) is 13.6 Å². The summed E-state index contributed by atoms with van der Waals surface area (Å²) in [7, 11) is 1.97. The van der Waals surface area contributed by atoms with Crippen molar-refractivity contribution in [3.63, 3.8) is 0 Å². The van der Waals surface area contributed by atoms with Crippen molar-refractivity contribution >= 4 is 49.1 Å². The van der Waals surface area contributed by atoms with Crippen molar-refractivity contribution in [1.29, 1.82) is 0 Å². The fourth-order valence-electron chi connectivity index (χ4n) is 1.45. The maximum absolute atomic E-state index is 5.94. The highest BCUT2D eigenvalue weighted by Gasteiger charge is 2.07. The summed E-state index contributed by atoms with van der Waals surface area (Å²) < 4.78 is 3.82. The molecule has 17 heavy (non-hydrogen) atoms. The minimum atomic E-state index is 0.655. The molecule has 2 aromatic rings. The zero-order chi connectivity index (χ0) is 12.4. The minimum absolute atomic E-state index is 0.655. The van der Waals surface area contributed by atoms with Crippen LogP contribution in [0.4, 0.5) is 5.69 Å². The Morgan fingerprint density at radius 3 is 2.53 bits per heavy atom. The summed E-state index contributed by atoms with van der Waals surface area (Å²) in [4.78, 5) is 4.25. The molecule has 0 saturated heterocycles. The van der Waals surface area contributed by atoms with Crippen molar-refractivity contribution in [3.8, 4) is 0 Å². The molecular weight excluding hydrogens is 369 g/mol. The van der Waals surface area contributed by atoms with Crippen molar-refractivity contribution in [3.05, 3.63) is 44.3 Å². The maximum atomic E-state index is 5.94. The van der Waals surface area contributed by atoms with Gasteiger partial charge in [0, 0.05) is 33.4 Å². The highest BCUT2D eigenvalue weighted by Crippen LogP contribution is 2.34. The van der Waals surface area contributed by atoms with Gasteiger partial charge in [-0.2, -0.15) is 0 Å². The Bertz CT molecular complexity index is 516. The van der Waals surface area contributed by atoms with E-state index < -0.39 is 0 Å². The summed E-state index contributed by atoms with van der Waals surface area (Å²) in [5.74, 6) is 0.971. The summed E-state index contributed by atoms with van der Waals surface area (Å²) in [6.07, 6.45) is 3.70. The van der Waals surface area contributed by atoms with Gasteiger partial charge in [-0.25, -0.2) is 4.98 Å². The van der Waals surface area contributed by atoms with Crippen LogP contribution in [0, 0.1) is 0 Å². The number of imidazole rings is 1. The molecule has 1 aromatic heterocycles. The second kappa shape index (κ2) is 5.42. The topological polar surface area (TPSA) is 29.9 Å². The molecular formula is C11H10Br2ClN3. The number of aromatic nitrogens is 2. The van der Waals surface area contributed by atoms with Crippen molar-refractivity contribution < 1.29 is 0 Å². The smallest absolute Gasteiger partial charge is 0.127 e. The third kappa shape index (κ3) is 3.03. The number of halogens is 3. The monoisotopic (exact) mass is 377 g/mol. The summed E-state index contributed by atoms with van der Waals surface area (Å²) in [5.41, 5.74) is 0.970. The average molecular weight is 379 g/mol. The van der Waals surface area contributed by atoms with Gasteiger partial charge in [-0.05, 0) is 44.0 Å². The van der Waals surface area contributed by atoms with Gasteiger partial charge in [0.15, 0.2) is 0 Å². The third-order valence-electron chi connectivity index (χ3n) is 2.35. The van der Waals surface area contributed by atoms with Crippen LogP contribution in [0.2, 0.25) is 5.02 Å². The van der Waals surface area contributed by atoms with E-state index in [4.69, 9.17) is 11.6 Å². The number of nitrogens with one attached hydrogen (secondary N) is 1. The normalized spacial score (nSPS) is 10.6. The molecule has 0 aliphatic carbocycles. The number of hydrogen-bond acceptors (Lipinski definition) is 2. The molecule has 0 saturated carbocycles. The van der Waals surface area contributed by atoms with E-state index in [1.165, 1.54) is 0 Å². The second-order valence-electron chi connectivity index (χ2n) is 3.55. The predicted octanol–water partition coefficient (Wildman–Crippen LogP) is 4.21. The molecule has 0 aliphatic rings. The summed E-state index contributed by atoms with van der Waals surface area (Å²) in [6, 6.07) is 3.71. The van der Waals surface area contributed by atoms with Crippen molar-refractivity contribution in [1.82, 2.24) is 9.55 Å². The molecule has 0 aliphatic heterocycles.